The van der Waals surface area contributed by atoms with Crippen LogP contribution in [-0.4, -0.2) is 72.5 Å². The van der Waals surface area contributed by atoms with Gasteiger partial charge in [-0.1, -0.05) is 24.6 Å². The van der Waals surface area contributed by atoms with E-state index in [1.807, 2.05) is 11.8 Å². The molecule has 0 bridgehead atoms. The number of piperazine rings is 1. The van der Waals surface area contributed by atoms with Crippen LogP contribution in [0.5, 0.6) is 5.75 Å². The Morgan fingerprint density at radius 1 is 1.08 bits per heavy atom. The molecule has 5 rings (SSSR count). The molecule has 2 amide bonds. The molecular weight excluding hydrogens is 653 g/mol. The zero-order valence-corrected chi connectivity index (χ0v) is 27.3. The Bertz CT molecular complexity index is 2010. The second-order valence-electron chi connectivity index (χ2n) is 11.1. The fourth-order valence-corrected chi connectivity index (χ4v) is 5.79. The van der Waals surface area contributed by atoms with Crippen LogP contribution in [0.15, 0.2) is 35.4 Å². The minimum atomic E-state index is -4.61. The van der Waals surface area contributed by atoms with Crippen molar-refractivity contribution in [1.82, 2.24) is 29.4 Å². The number of fused-ring (bicyclic) bond motifs is 1. The number of carbonyl (C=O) groups is 2. The smallest absolute Gasteiger partial charge is 0.416 e. The lowest BCUT2D eigenvalue weighted by Crippen LogP contribution is -2.50. The van der Waals surface area contributed by atoms with Crippen molar-refractivity contribution in [2.24, 2.45) is 0 Å². The van der Waals surface area contributed by atoms with Gasteiger partial charge >= 0.3 is 6.18 Å². The zero-order chi connectivity index (χ0) is 34.9. The Kier molecular flexibility index (Phi) is 9.71. The summed E-state index contributed by atoms with van der Waals surface area (Å²) in [7, 11) is 0. The number of anilines is 2. The van der Waals surface area contributed by atoms with Crippen LogP contribution < -0.4 is 15.6 Å². The number of pyridine rings is 1. The third-order valence-corrected chi connectivity index (χ3v) is 8.31. The van der Waals surface area contributed by atoms with Gasteiger partial charge in [-0.2, -0.15) is 13.2 Å². The molecule has 1 fully saturated rings. The number of aromatic nitrogens is 5. The van der Waals surface area contributed by atoms with Crippen molar-refractivity contribution in [1.29, 1.82) is 0 Å². The van der Waals surface area contributed by atoms with Gasteiger partial charge in [-0.15, -0.1) is 0 Å². The first-order valence-electron chi connectivity index (χ1n) is 15.0. The molecule has 16 heteroatoms. The van der Waals surface area contributed by atoms with Crippen molar-refractivity contribution in [3.63, 3.8) is 0 Å². The summed E-state index contributed by atoms with van der Waals surface area (Å²) < 4.78 is 41.0. The fraction of sp³-hybridized carbons (Fsp3) is 0.344. The van der Waals surface area contributed by atoms with Crippen molar-refractivity contribution in [3.05, 3.63) is 79.9 Å². The van der Waals surface area contributed by atoms with Gasteiger partial charge in [0.1, 0.15) is 18.6 Å². The predicted octanol–water partition coefficient (Wildman–Crippen LogP) is 4.77. The standard InChI is InChI=1S/C32H32ClF3N8O4/c1-5-7-21-17(3)39-30-25(41-21)29(47)27(42-10-12-43(13-11-42)31(48)26-28(46)18(4)37-16-38-26)23(6-2)44(30)15-24(45)40-22-9-8-19(14-20(22)33)32(34,35)36/h5,7-9,14,16,46H,6,10-13,15H2,1-4H3,(H,40,45)/b7-5+. The van der Waals surface area contributed by atoms with E-state index in [0.29, 0.717) is 29.2 Å². The van der Waals surface area contributed by atoms with E-state index in [1.54, 1.807) is 37.5 Å². The van der Waals surface area contributed by atoms with E-state index in [0.717, 1.165) is 18.2 Å². The molecule has 252 valence electrons. The van der Waals surface area contributed by atoms with Crippen molar-refractivity contribution in [2.75, 3.05) is 36.4 Å². The number of allylic oxidation sites excluding steroid dienone is 1. The molecule has 1 aromatic carbocycles. The average molecular weight is 685 g/mol. The van der Waals surface area contributed by atoms with E-state index in [9.17, 15) is 32.7 Å². The third-order valence-electron chi connectivity index (χ3n) is 8.00. The number of nitrogens with one attached hydrogen (secondary N) is 1. The van der Waals surface area contributed by atoms with Gasteiger partial charge in [0, 0.05) is 31.9 Å². The first kappa shape index (κ1) is 34.3. The summed E-state index contributed by atoms with van der Waals surface area (Å²) in [5.41, 5.74) is 0.764. The monoisotopic (exact) mass is 684 g/mol. The number of benzene rings is 1. The van der Waals surface area contributed by atoms with E-state index in [4.69, 9.17) is 11.6 Å². The van der Waals surface area contributed by atoms with Crippen LogP contribution >= 0.6 is 11.6 Å². The molecule has 0 saturated carbocycles. The number of halogens is 4. The summed E-state index contributed by atoms with van der Waals surface area (Å²) in [6.45, 7) is 7.47. The number of aryl methyl sites for hydroxylation is 2. The van der Waals surface area contributed by atoms with Crippen LogP contribution in [0, 0.1) is 13.8 Å². The maximum atomic E-state index is 14.2. The Balaban J connectivity index is 1.52. The van der Waals surface area contributed by atoms with E-state index in [1.165, 1.54) is 11.2 Å². The van der Waals surface area contributed by atoms with E-state index in [-0.39, 0.29) is 71.7 Å². The number of hydrogen-bond donors (Lipinski definition) is 2. The Labute approximate surface area is 277 Å². The number of aromatic hydroxyl groups is 1. The molecule has 1 saturated heterocycles. The molecule has 0 atom stereocenters. The summed E-state index contributed by atoms with van der Waals surface area (Å²) >= 11 is 6.09. The highest BCUT2D eigenvalue weighted by atomic mass is 35.5. The van der Waals surface area contributed by atoms with Gasteiger partial charge in [-0.3, -0.25) is 14.4 Å². The molecule has 4 aromatic rings. The minimum Gasteiger partial charge on any atom is -0.504 e. The van der Waals surface area contributed by atoms with Crippen LogP contribution in [0.2, 0.25) is 5.02 Å². The molecule has 0 unspecified atom stereocenters. The third kappa shape index (κ3) is 6.68. The van der Waals surface area contributed by atoms with E-state index < -0.39 is 29.0 Å². The lowest BCUT2D eigenvalue weighted by Gasteiger charge is -2.37. The van der Waals surface area contributed by atoms with Crippen molar-refractivity contribution >= 4 is 52.0 Å². The Morgan fingerprint density at radius 2 is 1.79 bits per heavy atom. The van der Waals surface area contributed by atoms with E-state index in [2.05, 4.69) is 25.3 Å². The van der Waals surface area contributed by atoms with Gasteiger partial charge in [-0.05, 0) is 51.5 Å². The highest BCUT2D eigenvalue weighted by Crippen LogP contribution is 2.34. The van der Waals surface area contributed by atoms with Crippen LogP contribution in [0.4, 0.5) is 24.5 Å². The lowest BCUT2D eigenvalue weighted by molar-refractivity contribution is -0.137. The topological polar surface area (TPSA) is 146 Å². The summed E-state index contributed by atoms with van der Waals surface area (Å²) in [4.78, 5) is 61.2. The average Bonchev–Trinajstić information content (AvgIpc) is 3.04. The number of hydrogen-bond acceptors (Lipinski definition) is 9. The van der Waals surface area contributed by atoms with Gasteiger partial charge in [0.25, 0.3) is 5.91 Å². The maximum Gasteiger partial charge on any atom is 0.416 e. The second kappa shape index (κ2) is 13.6. The summed E-state index contributed by atoms with van der Waals surface area (Å²) in [6.07, 6.45) is 0.380. The Morgan fingerprint density at radius 3 is 2.42 bits per heavy atom. The largest absolute Gasteiger partial charge is 0.504 e. The minimum absolute atomic E-state index is 0.0124. The van der Waals surface area contributed by atoms with Crippen molar-refractivity contribution in [2.45, 2.75) is 46.8 Å². The Hall–Kier alpha value is -5.05. The molecule has 12 nitrogen and oxygen atoms in total. The molecule has 4 heterocycles. The molecule has 1 aliphatic rings. The molecular formula is C32H32ClF3N8O4. The number of nitrogens with zero attached hydrogens (tertiary/aromatic N) is 7. The first-order valence-corrected chi connectivity index (χ1v) is 15.4. The highest BCUT2D eigenvalue weighted by Gasteiger charge is 2.32. The van der Waals surface area contributed by atoms with E-state index >= 15 is 0 Å². The molecule has 0 aliphatic carbocycles. The molecule has 48 heavy (non-hydrogen) atoms. The first-order chi connectivity index (χ1) is 22.7. The van der Waals surface area contributed by atoms with Crippen LogP contribution in [0.3, 0.4) is 0 Å². The molecule has 3 aromatic heterocycles. The van der Waals surface area contributed by atoms with Gasteiger partial charge in [0.2, 0.25) is 11.3 Å². The van der Waals surface area contributed by atoms with Crippen LogP contribution in [0.25, 0.3) is 17.2 Å². The van der Waals surface area contributed by atoms with Gasteiger partial charge in [0.05, 0.1) is 33.4 Å². The molecule has 2 N–H and O–H groups in total. The lowest BCUT2D eigenvalue weighted by atomic mass is 10.1. The predicted molar refractivity (Wildman–Crippen MR) is 174 cm³/mol. The zero-order valence-electron chi connectivity index (χ0n) is 26.5. The van der Waals surface area contributed by atoms with Crippen molar-refractivity contribution < 1.29 is 27.9 Å². The normalized spacial score (nSPS) is 13.8. The quantitative estimate of drug-likeness (QED) is 0.281. The molecule has 0 spiro atoms. The van der Waals surface area contributed by atoms with Crippen molar-refractivity contribution in [3.8, 4) is 5.75 Å². The molecule has 0 radical (unpaired) electrons. The fourth-order valence-electron chi connectivity index (χ4n) is 5.56. The highest BCUT2D eigenvalue weighted by molar-refractivity contribution is 6.33. The number of carbonyl (C=O) groups excluding carboxylic acids is 2. The maximum absolute atomic E-state index is 14.2. The van der Waals surface area contributed by atoms with Gasteiger partial charge < -0.3 is 24.8 Å². The summed E-state index contributed by atoms with van der Waals surface area (Å²) in [6, 6.07) is 2.63. The second-order valence-corrected chi connectivity index (χ2v) is 11.5. The molecule has 1 aliphatic heterocycles. The van der Waals surface area contributed by atoms with Gasteiger partial charge in [-0.25, -0.2) is 19.9 Å². The van der Waals surface area contributed by atoms with Gasteiger partial charge in [0.15, 0.2) is 22.6 Å². The number of rotatable bonds is 7. The van der Waals surface area contributed by atoms with Crippen LogP contribution in [0.1, 0.15) is 52.7 Å². The number of alkyl halides is 3. The number of amides is 2. The van der Waals surface area contributed by atoms with Crippen LogP contribution in [-0.2, 0) is 23.9 Å². The summed E-state index contributed by atoms with van der Waals surface area (Å²) in [5.74, 6) is -1.38. The summed E-state index contributed by atoms with van der Waals surface area (Å²) in [5, 5.41) is 12.6. The SMILES string of the molecule is C/C=C/c1nc2c(=O)c(N3CCN(C(=O)c4ncnc(C)c4O)CC3)c(CC)n(CC(=O)Nc3ccc(C(F)(F)F)cc3Cl)c2nc1C.